The molecule has 4 heterocycles. The Kier molecular flexibility index (Phi) is 11.0. The number of benzene rings is 1. The first-order chi connectivity index (χ1) is 18.3. The van der Waals surface area contributed by atoms with Crippen molar-refractivity contribution in [3.8, 4) is 0 Å². The number of amides is 1. The van der Waals surface area contributed by atoms with E-state index in [-0.39, 0.29) is 17.7 Å². The van der Waals surface area contributed by atoms with Gasteiger partial charge in [-0.05, 0) is 43.6 Å². The lowest BCUT2D eigenvalue weighted by Gasteiger charge is -2.33. The monoisotopic (exact) mass is 573 g/mol. The van der Waals surface area contributed by atoms with E-state index >= 15 is 0 Å². The summed E-state index contributed by atoms with van der Waals surface area (Å²) in [5.41, 5.74) is -0.884. The van der Waals surface area contributed by atoms with Gasteiger partial charge >= 0.3 is 6.18 Å². The number of aromatic nitrogens is 4. The van der Waals surface area contributed by atoms with Crippen LogP contribution in [0.3, 0.4) is 0 Å². The van der Waals surface area contributed by atoms with Crippen molar-refractivity contribution in [3.63, 3.8) is 0 Å². The topological polar surface area (TPSA) is 79.2 Å². The average Bonchev–Trinajstić information content (AvgIpc) is 3.31. The van der Waals surface area contributed by atoms with Gasteiger partial charge in [0.2, 0.25) is 6.41 Å². The van der Waals surface area contributed by atoms with Gasteiger partial charge in [0.1, 0.15) is 11.3 Å². The Hall–Kier alpha value is -2.63. The van der Waals surface area contributed by atoms with Gasteiger partial charge in [0, 0.05) is 36.2 Å². The first-order valence-electron chi connectivity index (χ1n) is 12.7. The summed E-state index contributed by atoms with van der Waals surface area (Å²) in [6.45, 7) is 8.47. The highest BCUT2D eigenvalue weighted by Crippen LogP contribution is 2.34. The zero-order chi connectivity index (χ0) is 27.7. The number of carbonyl (C=O) groups is 1. The van der Waals surface area contributed by atoms with Crippen LogP contribution < -0.4 is 10.2 Å². The van der Waals surface area contributed by atoms with E-state index < -0.39 is 11.9 Å². The van der Waals surface area contributed by atoms with Crippen molar-refractivity contribution in [2.75, 3.05) is 44.2 Å². The van der Waals surface area contributed by atoms with Crippen molar-refractivity contribution in [3.05, 3.63) is 45.7 Å². The second-order valence-electron chi connectivity index (χ2n) is 8.58. The Morgan fingerprint density at radius 2 is 1.74 bits per heavy atom. The minimum absolute atomic E-state index is 0.00339. The maximum atomic E-state index is 13.5. The van der Waals surface area contributed by atoms with Crippen LogP contribution in [0.15, 0.2) is 24.4 Å². The van der Waals surface area contributed by atoms with Crippen LogP contribution in [0.5, 0.6) is 0 Å². The van der Waals surface area contributed by atoms with Crippen LogP contribution in [0.1, 0.15) is 44.4 Å². The van der Waals surface area contributed by atoms with E-state index in [0.29, 0.717) is 47.6 Å². The lowest BCUT2D eigenvalue weighted by molar-refractivity contribution is -0.140. The number of rotatable bonds is 4. The smallest absolute Gasteiger partial charge is 0.352 e. The number of piperazine rings is 1. The first kappa shape index (κ1) is 29.9. The Morgan fingerprint density at radius 3 is 2.26 bits per heavy atom. The molecule has 208 valence electrons. The molecule has 0 radical (unpaired) electrons. The summed E-state index contributed by atoms with van der Waals surface area (Å²) in [6, 6.07) is 4.74. The highest BCUT2D eigenvalue weighted by atomic mass is 35.5. The predicted octanol–water partition coefficient (Wildman–Crippen LogP) is 5.26. The number of nitrogens with zero attached hydrogens (tertiary/aromatic N) is 6. The Bertz CT molecular complexity index is 1180. The van der Waals surface area contributed by atoms with Crippen LogP contribution in [-0.2, 0) is 17.5 Å². The number of fused-ring (bicyclic) bond motifs is 1. The third-order valence-corrected chi connectivity index (χ3v) is 6.62. The van der Waals surface area contributed by atoms with E-state index in [9.17, 15) is 18.0 Å². The van der Waals surface area contributed by atoms with E-state index in [2.05, 4.69) is 20.4 Å². The van der Waals surface area contributed by atoms with Crippen molar-refractivity contribution in [1.29, 1.82) is 0 Å². The van der Waals surface area contributed by atoms with Crippen LogP contribution in [0, 0.1) is 0 Å². The molecular formula is C25H32Cl2F3N7O. The van der Waals surface area contributed by atoms with E-state index in [4.69, 9.17) is 23.2 Å². The molecule has 1 amide bonds. The normalized spacial score (nSPS) is 15.9. The van der Waals surface area contributed by atoms with E-state index in [1.807, 2.05) is 18.7 Å². The van der Waals surface area contributed by atoms with Gasteiger partial charge in [0.25, 0.3) is 0 Å². The van der Waals surface area contributed by atoms with E-state index in [1.54, 1.807) is 17.0 Å². The van der Waals surface area contributed by atoms with Gasteiger partial charge in [-0.2, -0.15) is 18.3 Å². The number of hydrogen-bond acceptors (Lipinski definition) is 6. The summed E-state index contributed by atoms with van der Waals surface area (Å²) in [5, 5.41) is 7.75. The molecule has 0 unspecified atom stereocenters. The Labute approximate surface area is 230 Å². The predicted molar refractivity (Wildman–Crippen MR) is 144 cm³/mol. The minimum Gasteiger partial charge on any atom is -0.352 e. The molecule has 5 rings (SSSR count). The first-order valence-corrected chi connectivity index (χ1v) is 13.4. The summed E-state index contributed by atoms with van der Waals surface area (Å²) in [5.74, 6) is 0.421. The summed E-state index contributed by atoms with van der Waals surface area (Å²) < 4.78 is 41.7. The number of alkyl halides is 3. The molecule has 1 aromatic carbocycles. The summed E-state index contributed by atoms with van der Waals surface area (Å²) in [7, 11) is 0. The van der Waals surface area contributed by atoms with Gasteiger partial charge in [-0.1, -0.05) is 49.5 Å². The second kappa shape index (κ2) is 14.0. The molecule has 2 aromatic heterocycles. The van der Waals surface area contributed by atoms with Gasteiger partial charge in [0.15, 0.2) is 11.3 Å². The molecule has 1 N–H and O–H groups in total. The summed E-state index contributed by atoms with van der Waals surface area (Å²) >= 11 is 12.1. The molecular weight excluding hydrogens is 542 g/mol. The number of halogens is 5. The lowest BCUT2D eigenvalue weighted by atomic mass is 10.2. The Balaban J connectivity index is 0.000000434. The third kappa shape index (κ3) is 7.70. The van der Waals surface area contributed by atoms with Crippen molar-refractivity contribution >= 4 is 46.6 Å². The van der Waals surface area contributed by atoms with Crippen molar-refractivity contribution in [2.45, 2.75) is 45.8 Å². The zero-order valence-electron chi connectivity index (χ0n) is 21.4. The fourth-order valence-electron chi connectivity index (χ4n) is 4.06. The number of nitrogens with one attached hydrogen (secondary N) is 1. The highest BCUT2D eigenvalue weighted by Gasteiger charge is 2.38. The largest absolute Gasteiger partial charge is 0.437 e. The molecule has 0 spiro atoms. The van der Waals surface area contributed by atoms with Gasteiger partial charge in [-0.15, -0.1) is 0 Å². The summed E-state index contributed by atoms with van der Waals surface area (Å²) in [6.07, 6.45) is 1.61. The highest BCUT2D eigenvalue weighted by molar-refractivity contribution is 6.35. The van der Waals surface area contributed by atoms with Crippen LogP contribution in [0.4, 0.5) is 19.0 Å². The molecule has 2 fully saturated rings. The molecule has 38 heavy (non-hydrogen) atoms. The van der Waals surface area contributed by atoms with E-state index in [0.717, 1.165) is 11.1 Å². The number of anilines is 1. The molecule has 13 heteroatoms. The molecule has 2 saturated heterocycles. The number of hydrogen-bond donors (Lipinski definition) is 1. The lowest BCUT2D eigenvalue weighted by Crippen LogP contribution is -2.46. The molecule has 8 nitrogen and oxygen atoms in total. The fourth-order valence-corrected chi connectivity index (χ4v) is 4.52. The van der Waals surface area contributed by atoms with Crippen LogP contribution in [0.2, 0.25) is 10.0 Å². The minimum atomic E-state index is -4.68. The van der Waals surface area contributed by atoms with Gasteiger partial charge in [0.05, 0.1) is 12.7 Å². The molecule has 0 saturated carbocycles. The Morgan fingerprint density at radius 1 is 1.05 bits per heavy atom. The maximum absolute atomic E-state index is 13.5. The molecule has 3 aromatic rings. The van der Waals surface area contributed by atoms with Crippen LogP contribution in [0.25, 0.3) is 11.2 Å². The van der Waals surface area contributed by atoms with Crippen molar-refractivity contribution in [1.82, 2.24) is 30.0 Å². The SMILES string of the molecule is C1CCNCC1.CC.O=CN1CCN(c2cnc3c(C(F)(F)F)nn(Cc4ccc(Cl)cc4Cl)c3n2)CC1. The third-order valence-electron chi connectivity index (χ3n) is 6.03. The molecule has 2 aliphatic rings. The van der Waals surface area contributed by atoms with Crippen LogP contribution >= 0.6 is 23.2 Å². The standard InChI is InChI=1S/C18H15Cl2F3N6O.C5H11N.C2H6/c19-12-2-1-11(13(20)7-12)9-29-17-15(16(26-29)18(21,22)23)24-8-14(25-17)28-5-3-27(10-30)4-6-28;1-2-4-6-5-3-1;1-2/h1-2,7-8,10H,3-6,9H2;6H,1-5H2;1-2H3. The van der Waals surface area contributed by atoms with Gasteiger partial charge in [-0.25, -0.2) is 14.6 Å². The second-order valence-corrected chi connectivity index (χ2v) is 9.42. The average molecular weight is 574 g/mol. The van der Waals surface area contributed by atoms with Gasteiger partial charge < -0.3 is 15.1 Å². The number of carbonyl (C=O) groups excluding carboxylic acids is 1. The maximum Gasteiger partial charge on any atom is 0.437 e. The molecule has 0 atom stereocenters. The molecule has 0 bridgehead atoms. The van der Waals surface area contributed by atoms with Gasteiger partial charge in [-0.3, -0.25) is 4.79 Å². The molecule has 2 aliphatic heterocycles. The quantitative estimate of drug-likeness (QED) is 0.429. The van der Waals surface area contributed by atoms with Crippen molar-refractivity contribution in [2.24, 2.45) is 0 Å². The summed E-state index contributed by atoms with van der Waals surface area (Å²) in [4.78, 5) is 22.8. The fraction of sp³-hybridized carbons (Fsp3) is 0.520. The number of piperidine rings is 1. The molecule has 0 aliphatic carbocycles. The zero-order valence-corrected chi connectivity index (χ0v) is 23.0. The van der Waals surface area contributed by atoms with Crippen LogP contribution in [-0.4, -0.2) is 70.3 Å². The van der Waals surface area contributed by atoms with E-state index in [1.165, 1.54) is 44.6 Å². The van der Waals surface area contributed by atoms with Crippen molar-refractivity contribution < 1.29 is 18.0 Å².